The number of carbonyl (C=O) groups excluding carboxylic acids is 2. The molecule has 3 fully saturated rings. The Labute approximate surface area is 276 Å². The molecular formula is C34H45ClFN3O6S. The van der Waals surface area contributed by atoms with Crippen molar-refractivity contribution in [2.75, 3.05) is 33.1 Å². The maximum atomic E-state index is 15.4. The molecule has 2 N–H and O–H groups in total. The maximum Gasteiger partial charge on any atom is 0.407 e. The third-order valence-corrected chi connectivity index (χ3v) is 12.3. The lowest BCUT2D eigenvalue weighted by molar-refractivity contribution is -0.121. The van der Waals surface area contributed by atoms with Crippen molar-refractivity contribution in [3.63, 3.8) is 0 Å². The highest BCUT2D eigenvalue weighted by atomic mass is 35.5. The van der Waals surface area contributed by atoms with Crippen LogP contribution in [0.15, 0.2) is 42.5 Å². The molecule has 12 heteroatoms. The second-order valence-electron chi connectivity index (χ2n) is 12.8. The summed E-state index contributed by atoms with van der Waals surface area (Å²) in [7, 11) is -0.422. The number of amides is 1. The minimum absolute atomic E-state index is 0.0730. The van der Waals surface area contributed by atoms with E-state index >= 15 is 4.39 Å². The summed E-state index contributed by atoms with van der Waals surface area (Å²) in [6.07, 6.45) is 4.73. The van der Waals surface area contributed by atoms with Crippen LogP contribution in [-0.2, 0) is 37.1 Å². The van der Waals surface area contributed by atoms with Gasteiger partial charge in [0.2, 0.25) is 10.0 Å². The van der Waals surface area contributed by atoms with Crippen molar-refractivity contribution in [1.82, 2.24) is 14.9 Å². The van der Waals surface area contributed by atoms with Crippen LogP contribution in [-0.4, -0.2) is 81.9 Å². The van der Waals surface area contributed by atoms with Gasteiger partial charge in [0.05, 0.1) is 25.0 Å². The zero-order valence-electron chi connectivity index (χ0n) is 26.6. The standard InChI is InChI=1S/C34H45ClFN3O6S/c1-44-28-15-10-23(11-16-28)32(22-8-12-25(35)13-9-22)33(38-34(41)45-2)31(40)19-24-5-3-7-30(36)29(24)17-14-27-20-37-26-6-4-18-46(42,43)39(27)21-26/h3,5,7-9,12-13,23,26-28,32-33,37H,4,6,10-11,14-21H2,1-2H3,(H,38,41)/t23?,26-,27+,28?,32+,33-/m1/s1. The highest BCUT2D eigenvalue weighted by molar-refractivity contribution is 7.89. The number of benzene rings is 2. The number of rotatable bonds is 11. The number of ketones is 1. The van der Waals surface area contributed by atoms with Crippen molar-refractivity contribution in [1.29, 1.82) is 0 Å². The lowest BCUT2D eigenvalue weighted by Crippen LogP contribution is -2.57. The number of sulfonamides is 1. The zero-order valence-corrected chi connectivity index (χ0v) is 28.1. The molecule has 3 aliphatic rings. The van der Waals surface area contributed by atoms with Gasteiger partial charge >= 0.3 is 6.09 Å². The lowest BCUT2D eigenvalue weighted by atomic mass is 9.71. The molecule has 0 radical (unpaired) electrons. The summed E-state index contributed by atoms with van der Waals surface area (Å²) < 4.78 is 53.6. The monoisotopic (exact) mass is 677 g/mol. The van der Waals surface area contributed by atoms with E-state index in [2.05, 4.69) is 10.6 Å². The van der Waals surface area contributed by atoms with Crippen LogP contribution in [0.2, 0.25) is 5.02 Å². The van der Waals surface area contributed by atoms with Crippen molar-refractivity contribution in [3.05, 3.63) is 70.0 Å². The number of Topliss-reactive ketones (excluding diaryl/α,β-unsaturated/α-hetero) is 1. The topological polar surface area (TPSA) is 114 Å². The molecular weight excluding hydrogens is 633 g/mol. The second-order valence-corrected chi connectivity index (χ2v) is 15.3. The van der Waals surface area contributed by atoms with Gasteiger partial charge in [0, 0.05) is 49.6 Å². The highest BCUT2D eigenvalue weighted by Gasteiger charge is 2.40. The van der Waals surface area contributed by atoms with Gasteiger partial charge in [-0.25, -0.2) is 17.6 Å². The Morgan fingerprint density at radius 2 is 1.83 bits per heavy atom. The van der Waals surface area contributed by atoms with E-state index in [4.69, 9.17) is 21.1 Å². The van der Waals surface area contributed by atoms with Crippen molar-refractivity contribution >= 4 is 33.5 Å². The number of methoxy groups -OCH3 is 2. The smallest absolute Gasteiger partial charge is 0.407 e. The highest BCUT2D eigenvalue weighted by Crippen LogP contribution is 2.40. The summed E-state index contributed by atoms with van der Waals surface area (Å²) in [6, 6.07) is 10.9. The van der Waals surface area contributed by atoms with E-state index in [0.717, 1.165) is 37.7 Å². The van der Waals surface area contributed by atoms with Gasteiger partial charge in [0.15, 0.2) is 5.78 Å². The van der Waals surface area contributed by atoms with E-state index < -0.39 is 28.0 Å². The van der Waals surface area contributed by atoms with Gasteiger partial charge in [-0.2, -0.15) is 4.31 Å². The van der Waals surface area contributed by atoms with Crippen LogP contribution in [0.1, 0.15) is 67.6 Å². The Kier molecular flexibility index (Phi) is 11.8. The van der Waals surface area contributed by atoms with Crippen LogP contribution in [0.3, 0.4) is 0 Å². The van der Waals surface area contributed by atoms with E-state index in [1.54, 1.807) is 35.7 Å². The minimum atomic E-state index is -3.39. The first kappa shape index (κ1) is 34.8. The Hall–Kier alpha value is -2.57. The van der Waals surface area contributed by atoms with Gasteiger partial charge in [-0.15, -0.1) is 0 Å². The minimum Gasteiger partial charge on any atom is -0.453 e. The van der Waals surface area contributed by atoms with Crippen LogP contribution in [0.4, 0.5) is 9.18 Å². The summed E-state index contributed by atoms with van der Waals surface area (Å²) in [5.74, 6) is -0.867. The van der Waals surface area contributed by atoms with Gasteiger partial charge in [0.25, 0.3) is 0 Å². The predicted octanol–water partition coefficient (Wildman–Crippen LogP) is 5.00. The van der Waals surface area contributed by atoms with Crippen LogP contribution in [0.5, 0.6) is 0 Å². The summed E-state index contributed by atoms with van der Waals surface area (Å²) >= 11 is 6.22. The molecule has 1 unspecified atom stereocenters. The molecule has 2 aliphatic heterocycles. The van der Waals surface area contributed by atoms with Gasteiger partial charge in [-0.3, -0.25) is 4.79 Å². The third kappa shape index (κ3) is 8.28. The fourth-order valence-corrected chi connectivity index (χ4v) is 9.50. The largest absolute Gasteiger partial charge is 0.453 e. The van der Waals surface area contributed by atoms with Crippen molar-refractivity contribution in [2.45, 2.75) is 87.9 Å². The summed E-state index contributed by atoms with van der Waals surface area (Å²) in [6.45, 7) is 0.931. The normalized spacial score (nSPS) is 27.2. The number of hydrogen-bond donors (Lipinski definition) is 2. The van der Waals surface area contributed by atoms with Crippen molar-refractivity contribution < 1.29 is 31.9 Å². The molecule has 1 amide bonds. The first-order valence-corrected chi connectivity index (χ1v) is 18.2. The molecule has 0 spiro atoms. The fraction of sp³-hybridized carbons (Fsp3) is 0.588. The Morgan fingerprint density at radius 3 is 2.52 bits per heavy atom. The Bertz CT molecular complexity index is 1470. The summed E-state index contributed by atoms with van der Waals surface area (Å²) in [4.78, 5) is 27.0. The average Bonchev–Trinajstić information content (AvgIpc) is 3.16. The maximum absolute atomic E-state index is 15.4. The van der Waals surface area contributed by atoms with E-state index in [0.29, 0.717) is 42.1 Å². The van der Waals surface area contributed by atoms with Gasteiger partial charge in [0.1, 0.15) is 5.82 Å². The molecule has 252 valence electrons. The number of hydrogen-bond acceptors (Lipinski definition) is 7. The van der Waals surface area contributed by atoms with Gasteiger partial charge < -0.3 is 20.1 Å². The fourth-order valence-electron chi connectivity index (χ4n) is 7.56. The first-order valence-electron chi connectivity index (χ1n) is 16.2. The number of piperazine rings is 1. The summed E-state index contributed by atoms with van der Waals surface area (Å²) in [5, 5.41) is 6.86. The van der Waals surface area contributed by atoms with Crippen molar-refractivity contribution in [3.8, 4) is 0 Å². The zero-order chi connectivity index (χ0) is 32.8. The SMILES string of the molecule is COC(=O)N[C@H](C(=O)Cc1cccc(F)c1CC[C@H]1CN[C@@H]2CCCS(=O)(=O)N1C2)[C@@H](c1ccc(Cl)cc1)C1CCC(OC)CC1. The second kappa shape index (κ2) is 15.6. The number of alkyl carbamates (subject to hydrolysis) is 1. The molecule has 5 atom stereocenters. The molecule has 46 heavy (non-hydrogen) atoms. The van der Waals surface area contributed by atoms with E-state index in [-0.39, 0.29) is 54.4 Å². The van der Waals surface area contributed by atoms with Crippen LogP contribution < -0.4 is 10.6 Å². The van der Waals surface area contributed by atoms with E-state index in [9.17, 15) is 18.0 Å². The Balaban J connectivity index is 1.40. The molecule has 5 rings (SSSR count). The molecule has 1 saturated carbocycles. The van der Waals surface area contributed by atoms with E-state index in [1.165, 1.54) is 13.2 Å². The van der Waals surface area contributed by atoms with E-state index in [1.807, 2.05) is 12.1 Å². The number of nitrogens with zero attached hydrogens (tertiary/aromatic N) is 1. The van der Waals surface area contributed by atoms with Crippen LogP contribution >= 0.6 is 11.6 Å². The van der Waals surface area contributed by atoms with Crippen LogP contribution in [0, 0.1) is 11.7 Å². The number of ether oxygens (including phenoxy) is 2. The molecule has 9 nitrogen and oxygen atoms in total. The average molecular weight is 678 g/mol. The molecule has 2 aromatic carbocycles. The van der Waals surface area contributed by atoms with Crippen LogP contribution in [0.25, 0.3) is 0 Å². The summed E-state index contributed by atoms with van der Waals surface area (Å²) in [5.41, 5.74) is 1.80. The molecule has 2 bridgehead atoms. The van der Waals surface area contributed by atoms with Gasteiger partial charge in [-0.1, -0.05) is 35.9 Å². The number of halogens is 2. The molecule has 0 aromatic heterocycles. The molecule has 2 saturated heterocycles. The predicted molar refractivity (Wildman–Crippen MR) is 175 cm³/mol. The Morgan fingerprint density at radius 1 is 1.09 bits per heavy atom. The first-order chi connectivity index (χ1) is 22.1. The lowest BCUT2D eigenvalue weighted by Gasteiger charge is -2.38. The number of carbonyl (C=O) groups is 2. The molecule has 2 heterocycles. The van der Waals surface area contributed by atoms with Gasteiger partial charge in [-0.05, 0) is 92.2 Å². The van der Waals surface area contributed by atoms with Crippen molar-refractivity contribution in [2.24, 2.45) is 5.92 Å². The molecule has 2 aromatic rings. The molecule has 1 aliphatic carbocycles. The number of nitrogens with one attached hydrogen (secondary N) is 2. The number of fused-ring (bicyclic) bond motifs is 2. The quantitative estimate of drug-likeness (QED) is 0.344. The third-order valence-electron chi connectivity index (χ3n) is 10.0.